The number of hydrogen-bond acceptors (Lipinski definition) is 6. The largest absolute Gasteiger partial charge is 0.459 e. The summed E-state index contributed by atoms with van der Waals surface area (Å²) in [6.07, 6.45) is 0. The van der Waals surface area contributed by atoms with Gasteiger partial charge in [0.1, 0.15) is 17.2 Å². The standard InChI is InChI=1S/C17H14ClN3O5S/c18-12-3-1-11(2-4-12)17-8-5-13(26-17)10-20-15-7-6-14(27(19,24)25)9-16(15)21(22)23/h1-9,20H,10H2,(H2,19,24,25). The molecule has 0 spiro atoms. The van der Waals surface area contributed by atoms with E-state index in [1.165, 1.54) is 12.1 Å². The summed E-state index contributed by atoms with van der Waals surface area (Å²) in [5, 5.41) is 19.7. The van der Waals surface area contributed by atoms with E-state index in [4.69, 9.17) is 21.2 Å². The average Bonchev–Trinajstić information content (AvgIpc) is 3.08. The Labute approximate surface area is 159 Å². The number of nitro benzene ring substituents is 1. The molecule has 2 aromatic carbocycles. The summed E-state index contributed by atoms with van der Waals surface area (Å²) >= 11 is 5.86. The van der Waals surface area contributed by atoms with Crippen molar-refractivity contribution in [2.24, 2.45) is 5.14 Å². The van der Waals surface area contributed by atoms with Crippen LogP contribution in [0.25, 0.3) is 11.3 Å². The lowest BCUT2D eigenvalue weighted by molar-refractivity contribution is -0.384. The first-order valence-corrected chi connectivity index (χ1v) is 9.56. The van der Waals surface area contributed by atoms with Gasteiger partial charge in [0.25, 0.3) is 5.69 Å². The van der Waals surface area contributed by atoms with Gasteiger partial charge in [-0.3, -0.25) is 10.1 Å². The molecule has 1 aromatic heterocycles. The number of hydrogen-bond donors (Lipinski definition) is 2. The first kappa shape index (κ1) is 18.9. The Morgan fingerprint density at radius 3 is 2.44 bits per heavy atom. The van der Waals surface area contributed by atoms with Gasteiger partial charge < -0.3 is 9.73 Å². The second-order valence-electron chi connectivity index (χ2n) is 5.61. The van der Waals surface area contributed by atoms with Crippen LogP contribution < -0.4 is 10.5 Å². The Morgan fingerprint density at radius 1 is 1.11 bits per heavy atom. The molecule has 0 saturated carbocycles. The second kappa shape index (κ2) is 7.39. The van der Waals surface area contributed by atoms with Crippen molar-refractivity contribution in [2.75, 3.05) is 5.32 Å². The first-order valence-electron chi connectivity index (χ1n) is 7.64. The molecule has 27 heavy (non-hydrogen) atoms. The second-order valence-corrected chi connectivity index (χ2v) is 7.61. The minimum Gasteiger partial charge on any atom is -0.459 e. The molecule has 0 bridgehead atoms. The van der Waals surface area contributed by atoms with Gasteiger partial charge in [-0.2, -0.15) is 0 Å². The highest BCUT2D eigenvalue weighted by Gasteiger charge is 2.19. The van der Waals surface area contributed by atoms with E-state index in [9.17, 15) is 18.5 Å². The zero-order valence-corrected chi connectivity index (χ0v) is 15.3. The van der Waals surface area contributed by atoms with Crippen molar-refractivity contribution in [1.29, 1.82) is 0 Å². The summed E-state index contributed by atoms with van der Waals surface area (Å²) in [5.41, 5.74) is 0.594. The van der Waals surface area contributed by atoms with E-state index in [1.807, 2.05) is 12.1 Å². The molecule has 10 heteroatoms. The topological polar surface area (TPSA) is 128 Å². The quantitative estimate of drug-likeness (QED) is 0.472. The van der Waals surface area contributed by atoms with Crippen LogP contribution in [0.4, 0.5) is 11.4 Å². The summed E-state index contributed by atoms with van der Waals surface area (Å²) in [6, 6.07) is 14.0. The fourth-order valence-electron chi connectivity index (χ4n) is 2.41. The number of nitro groups is 1. The van der Waals surface area contributed by atoms with Crippen molar-refractivity contribution < 1.29 is 17.8 Å². The molecule has 8 nitrogen and oxygen atoms in total. The lowest BCUT2D eigenvalue weighted by Gasteiger charge is -2.07. The number of rotatable bonds is 6. The fraction of sp³-hybridized carbons (Fsp3) is 0.0588. The molecule has 0 unspecified atom stereocenters. The van der Waals surface area contributed by atoms with Gasteiger partial charge in [0.15, 0.2) is 0 Å². The Hall–Kier alpha value is -2.88. The number of sulfonamides is 1. The third-order valence-electron chi connectivity index (χ3n) is 3.74. The van der Waals surface area contributed by atoms with Crippen LogP contribution >= 0.6 is 11.6 Å². The summed E-state index contributed by atoms with van der Waals surface area (Å²) in [5.74, 6) is 1.17. The normalized spacial score (nSPS) is 11.3. The van der Waals surface area contributed by atoms with Crippen molar-refractivity contribution in [2.45, 2.75) is 11.4 Å². The van der Waals surface area contributed by atoms with Gasteiger partial charge in [-0.05, 0) is 48.5 Å². The molecule has 0 aliphatic rings. The van der Waals surface area contributed by atoms with Gasteiger partial charge in [-0.1, -0.05) is 11.6 Å². The smallest absolute Gasteiger partial charge is 0.293 e. The molecular weight excluding hydrogens is 394 g/mol. The van der Waals surface area contributed by atoms with Crippen LogP contribution in [0.5, 0.6) is 0 Å². The highest BCUT2D eigenvalue weighted by molar-refractivity contribution is 7.89. The molecule has 3 rings (SSSR count). The van der Waals surface area contributed by atoms with Gasteiger partial charge in [-0.15, -0.1) is 0 Å². The van der Waals surface area contributed by atoms with Crippen molar-refractivity contribution in [3.63, 3.8) is 0 Å². The predicted octanol–water partition coefficient (Wildman–Crippen LogP) is 3.77. The molecule has 0 amide bonds. The zero-order valence-electron chi connectivity index (χ0n) is 13.8. The summed E-state index contributed by atoms with van der Waals surface area (Å²) in [6.45, 7) is 0.170. The van der Waals surface area contributed by atoms with Crippen LogP contribution in [0.2, 0.25) is 5.02 Å². The van der Waals surface area contributed by atoms with Gasteiger partial charge >= 0.3 is 0 Å². The van der Waals surface area contributed by atoms with Gasteiger partial charge in [0, 0.05) is 16.7 Å². The lowest BCUT2D eigenvalue weighted by Crippen LogP contribution is -2.13. The number of nitrogens with zero attached hydrogens (tertiary/aromatic N) is 1. The van der Waals surface area contributed by atoms with Crippen LogP contribution in [0, 0.1) is 10.1 Å². The van der Waals surface area contributed by atoms with E-state index in [1.54, 1.807) is 24.3 Å². The predicted molar refractivity (Wildman–Crippen MR) is 101 cm³/mol. The van der Waals surface area contributed by atoms with Gasteiger partial charge in [0.05, 0.1) is 16.4 Å². The molecule has 3 aromatic rings. The first-order chi connectivity index (χ1) is 12.7. The monoisotopic (exact) mass is 407 g/mol. The molecule has 0 aliphatic heterocycles. The van der Waals surface area contributed by atoms with E-state index in [0.717, 1.165) is 11.6 Å². The Morgan fingerprint density at radius 2 is 1.81 bits per heavy atom. The van der Waals surface area contributed by atoms with Crippen LogP contribution in [0.3, 0.4) is 0 Å². The molecule has 0 aliphatic carbocycles. The van der Waals surface area contributed by atoms with E-state index in [-0.39, 0.29) is 17.1 Å². The number of furan rings is 1. The molecule has 1 heterocycles. The zero-order chi connectivity index (χ0) is 19.6. The van der Waals surface area contributed by atoms with Gasteiger partial charge in [0.2, 0.25) is 10.0 Å². The van der Waals surface area contributed by atoms with Crippen molar-refractivity contribution in [3.8, 4) is 11.3 Å². The Kier molecular flexibility index (Phi) is 5.17. The third-order valence-corrected chi connectivity index (χ3v) is 4.90. The van der Waals surface area contributed by atoms with E-state index < -0.39 is 20.6 Å². The average molecular weight is 408 g/mol. The van der Waals surface area contributed by atoms with Gasteiger partial charge in [-0.25, -0.2) is 13.6 Å². The number of anilines is 1. The van der Waals surface area contributed by atoms with Crippen molar-refractivity contribution >= 4 is 33.0 Å². The van der Waals surface area contributed by atoms with E-state index in [0.29, 0.717) is 16.5 Å². The molecule has 0 saturated heterocycles. The number of halogens is 1. The Balaban J connectivity index is 1.79. The molecule has 0 fully saturated rings. The molecule has 3 N–H and O–H groups in total. The highest BCUT2D eigenvalue weighted by atomic mass is 35.5. The van der Waals surface area contributed by atoms with Crippen LogP contribution in [-0.4, -0.2) is 13.3 Å². The minimum atomic E-state index is -4.03. The fourth-order valence-corrected chi connectivity index (χ4v) is 3.07. The maximum atomic E-state index is 11.4. The van der Waals surface area contributed by atoms with Crippen LogP contribution in [0.1, 0.15) is 5.76 Å². The molecule has 0 radical (unpaired) electrons. The number of nitrogens with one attached hydrogen (secondary N) is 1. The lowest BCUT2D eigenvalue weighted by atomic mass is 10.2. The summed E-state index contributed by atoms with van der Waals surface area (Å²) in [4.78, 5) is 10.2. The van der Waals surface area contributed by atoms with Crippen LogP contribution in [0.15, 0.2) is 63.9 Å². The number of nitrogens with two attached hydrogens (primary N) is 1. The maximum Gasteiger partial charge on any atom is 0.293 e. The molecular formula is C17H14ClN3O5S. The van der Waals surface area contributed by atoms with Crippen LogP contribution in [-0.2, 0) is 16.6 Å². The minimum absolute atomic E-state index is 0.150. The molecule has 0 atom stereocenters. The Bertz CT molecular complexity index is 1090. The van der Waals surface area contributed by atoms with Crippen molar-refractivity contribution in [3.05, 3.63) is 75.5 Å². The molecule has 140 valence electrons. The number of primary sulfonamides is 1. The highest BCUT2D eigenvalue weighted by Crippen LogP contribution is 2.29. The van der Waals surface area contributed by atoms with Crippen molar-refractivity contribution in [1.82, 2.24) is 0 Å². The SMILES string of the molecule is NS(=O)(=O)c1ccc(NCc2ccc(-c3ccc(Cl)cc3)o2)c([N+](=O)[O-])c1. The maximum absolute atomic E-state index is 11.4. The summed E-state index contributed by atoms with van der Waals surface area (Å²) in [7, 11) is -4.03. The number of benzene rings is 2. The van der Waals surface area contributed by atoms with E-state index >= 15 is 0 Å². The summed E-state index contributed by atoms with van der Waals surface area (Å²) < 4.78 is 28.5. The third kappa shape index (κ3) is 4.45. The van der Waals surface area contributed by atoms with E-state index in [2.05, 4.69) is 5.32 Å².